The Labute approximate surface area is 109 Å². The van der Waals surface area contributed by atoms with Crippen molar-refractivity contribution < 1.29 is 0 Å². The molecule has 0 fully saturated rings. The van der Waals surface area contributed by atoms with Crippen LogP contribution >= 0.6 is 23.1 Å². The highest BCUT2D eigenvalue weighted by molar-refractivity contribution is 7.99. The van der Waals surface area contributed by atoms with Crippen molar-refractivity contribution in [1.82, 2.24) is 14.8 Å². The fourth-order valence-electron chi connectivity index (χ4n) is 1.59. The van der Waals surface area contributed by atoms with Gasteiger partial charge in [-0.3, -0.25) is 0 Å². The molecule has 2 aromatic rings. The van der Waals surface area contributed by atoms with E-state index in [9.17, 15) is 0 Å². The largest absolute Gasteiger partial charge is 0.324 e. The average molecular weight is 268 g/mol. The van der Waals surface area contributed by atoms with Gasteiger partial charge in [-0.2, -0.15) is 0 Å². The number of thiophene rings is 1. The predicted molar refractivity (Wildman–Crippen MR) is 72.3 cm³/mol. The Morgan fingerprint density at radius 2 is 2.35 bits per heavy atom. The molecule has 0 atom stereocenters. The monoisotopic (exact) mass is 268 g/mol. The second kappa shape index (κ2) is 6.18. The summed E-state index contributed by atoms with van der Waals surface area (Å²) < 4.78 is 2.08. The molecule has 0 aliphatic heterocycles. The van der Waals surface area contributed by atoms with Crippen LogP contribution in [0.5, 0.6) is 0 Å². The van der Waals surface area contributed by atoms with E-state index in [4.69, 9.17) is 5.73 Å². The Balaban J connectivity index is 1.92. The number of hydrogen-bond donors (Lipinski definition) is 1. The molecule has 0 spiro atoms. The minimum Gasteiger partial charge on any atom is -0.324 e. The summed E-state index contributed by atoms with van der Waals surface area (Å²) >= 11 is 3.55. The van der Waals surface area contributed by atoms with Gasteiger partial charge in [-0.1, -0.05) is 17.8 Å². The van der Waals surface area contributed by atoms with Gasteiger partial charge < -0.3 is 10.3 Å². The zero-order chi connectivity index (χ0) is 12.1. The van der Waals surface area contributed by atoms with Crippen LogP contribution in [0.15, 0.2) is 22.7 Å². The molecule has 0 aliphatic carbocycles. The molecule has 6 heteroatoms. The molecular weight excluding hydrogens is 252 g/mol. The number of aromatic nitrogens is 3. The second-order valence-corrected chi connectivity index (χ2v) is 5.62. The summed E-state index contributed by atoms with van der Waals surface area (Å²) in [5.74, 6) is 1.90. The Kier molecular flexibility index (Phi) is 4.58. The van der Waals surface area contributed by atoms with E-state index in [0.717, 1.165) is 29.7 Å². The van der Waals surface area contributed by atoms with Crippen LogP contribution in [0.2, 0.25) is 0 Å². The summed E-state index contributed by atoms with van der Waals surface area (Å²) in [5, 5.41) is 11.4. The molecule has 17 heavy (non-hydrogen) atoms. The van der Waals surface area contributed by atoms with Crippen LogP contribution < -0.4 is 5.73 Å². The lowest BCUT2D eigenvalue weighted by Gasteiger charge is -2.05. The van der Waals surface area contributed by atoms with E-state index < -0.39 is 0 Å². The first kappa shape index (κ1) is 12.6. The van der Waals surface area contributed by atoms with Gasteiger partial charge in [0.25, 0.3) is 0 Å². The SMILES string of the molecule is CCn1c(CN)nnc1SCCc1cccs1. The van der Waals surface area contributed by atoms with Crippen LogP contribution in [0.3, 0.4) is 0 Å². The molecule has 2 rings (SSSR count). The van der Waals surface area contributed by atoms with Gasteiger partial charge in [0.05, 0.1) is 6.54 Å². The molecule has 0 saturated carbocycles. The fourth-order valence-corrected chi connectivity index (χ4v) is 3.42. The maximum atomic E-state index is 5.61. The summed E-state index contributed by atoms with van der Waals surface area (Å²) in [6.07, 6.45) is 1.08. The van der Waals surface area contributed by atoms with Crippen molar-refractivity contribution in [3.05, 3.63) is 28.2 Å². The quantitative estimate of drug-likeness (QED) is 0.816. The topological polar surface area (TPSA) is 56.7 Å². The molecule has 0 aliphatic rings. The molecule has 2 aromatic heterocycles. The zero-order valence-electron chi connectivity index (χ0n) is 9.80. The Hall–Kier alpha value is -0.850. The molecule has 0 saturated heterocycles. The van der Waals surface area contributed by atoms with E-state index >= 15 is 0 Å². The van der Waals surface area contributed by atoms with Crippen molar-refractivity contribution in [1.29, 1.82) is 0 Å². The maximum Gasteiger partial charge on any atom is 0.191 e. The number of nitrogens with two attached hydrogens (primary N) is 1. The zero-order valence-corrected chi connectivity index (χ0v) is 11.4. The molecule has 0 radical (unpaired) electrons. The van der Waals surface area contributed by atoms with Crippen molar-refractivity contribution in [3.63, 3.8) is 0 Å². The highest BCUT2D eigenvalue weighted by atomic mass is 32.2. The van der Waals surface area contributed by atoms with E-state index in [1.165, 1.54) is 4.88 Å². The summed E-state index contributed by atoms with van der Waals surface area (Å²) in [4.78, 5) is 1.42. The molecule has 2 N–H and O–H groups in total. The smallest absolute Gasteiger partial charge is 0.191 e. The lowest BCUT2D eigenvalue weighted by atomic mass is 10.4. The van der Waals surface area contributed by atoms with Gasteiger partial charge in [0.15, 0.2) is 5.16 Å². The van der Waals surface area contributed by atoms with Gasteiger partial charge in [-0.05, 0) is 24.8 Å². The number of aryl methyl sites for hydroxylation is 1. The first-order chi connectivity index (χ1) is 8.35. The first-order valence-electron chi connectivity index (χ1n) is 5.62. The van der Waals surface area contributed by atoms with Crippen LogP contribution in [0.4, 0.5) is 0 Å². The van der Waals surface area contributed by atoms with Crippen LogP contribution in [0.25, 0.3) is 0 Å². The minimum absolute atomic E-state index is 0.451. The normalized spacial score (nSPS) is 10.9. The molecule has 2 heterocycles. The van der Waals surface area contributed by atoms with Crippen molar-refractivity contribution >= 4 is 23.1 Å². The lowest BCUT2D eigenvalue weighted by molar-refractivity contribution is 0.643. The molecule has 0 bridgehead atoms. The number of hydrogen-bond acceptors (Lipinski definition) is 5. The highest BCUT2D eigenvalue weighted by Crippen LogP contribution is 2.19. The van der Waals surface area contributed by atoms with Gasteiger partial charge >= 0.3 is 0 Å². The maximum absolute atomic E-state index is 5.61. The number of nitrogens with zero attached hydrogens (tertiary/aromatic N) is 3. The Morgan fingerprint density at radius 3 is 3.00 bits per heavy atom. The summed E-state index contributed by atoms with van der Waals surface area (Å²) in [6.45, 7) is 3.42. The second-order valence-electron chi connectivity index (χ2n) is 3.53. The van der Waals surface area contributed by atoms with Crippen molar-refractivity contribution in [2.24, 2.45) is 5.73 Å². The van der Waals surface area contributed by atoms with Gasteiger partial charge in [-0.15, -0.1) is 21.5 Å². The van der Waals surface area contributed by atoms with Crippen molar-refractivity contribution in [2.75, 3.05) is 5.75 Å². The van der Waals surface area contributed by atoms with Gasteiger partial charge in [0.2, 0.25) is 0 Å². The molecule has 0 amide bonds. The van der Waals surface area contributed by atoms with Crippen molar-refractivity contribution in [2.45, 2.75) is 31.6 Å². The molecular formula is C11H16N4S2. The van der Waals surface area contributed by atoms with Gasteiger partial charge in [0.1, 0.15) is 5.82 Å². The number of rotatable bonds is 6. The average Bonchev–Trinajstić information content (AvgIpc) is 2.97. The highest BCUT2D eigenvalue weighted by Gasteiger charge is 2.09. The van der Waals surface area contributed by atoms with E-state index in [2.05, 4.69) is 39.2 Å². The fraction of sp³-hybridized carbons (Fsp3) is 0.455. The van der Waals surface area contributed by atoms with Gasteiger partial charge in [-0.25, -0.2) is 0 Å². The Bertz CT molecular complexity index is 450. The summed E-state index contributed by atoms with van der Waals surface area (Å²) in [7, 11) is 0. The van der Waals surface area contributed by atoms with E-state index in [1.54, 1.807) is 23.1 Å². The summed E-state index contributed by atoms with van der Waals surface area (Å²) in [5.41, 5.74) is 5.61. The third-order valence-electron chi connectivity index (χ3n) is 2.45. The minimum atomic E-state index is 0.451. The first-order valence-corrected chi connectivity index (χ1v) is 7.49. The van der Waals surface area contributed by atoms with Crippen LogP contribution in [0.1, 0.15) is 17.6 Å². The van der Waals surface area contributed by atoms with Crippen molar-refractivity contribution in [3.8, 4) is 0 Å². The molecule has 0 aromatic carbocycles. The molecule has 0 unspecified atom stereocenters. The summed E-state index contributed by atoms with van der Waals surface area (Å²) in [6, 6.07) is 4.26. The van der Waals surface area contributed by atoms with E-state index in [0.29, 0.717) is 6.54 Å². The van der Waals surface area contributed by atoms with E-state index in [1.807, 2.05) is 0 Å². The Morgan fingerprint density at radius 1 is 1.47 bits per heavy atom. The lowest BCUT2D eigenvalue weighted by Crippen LogP contribution is -2.08. The molecule has 4 nitrogen and oxygen atoms in total. The third-order valence-corrected chi connectivity index (χ3v) is 4.36. The number of thioether (sulfide) groups is 1. The predicted octanol–water partition coefficient (Wildman–Crippen LogP) is 2.15. The van der Waals surface area contributed by atoms with E-state index in [-0.39, 0.29) is 0 Å². The van der Waals surface area contributed by atoms with Crippen LogP contribution in [-0.4, -0.2) is 20.5 Å². The van der Waals surface area contributed by atoms with Gasteiger partial charge in [0, 0.05) is 17.2 Å². The van der Waals surface area contributed by atoms with Crippen LogP contribution in [0, 0.1) is 0 Å². The van der Waals surface area contributed by atoms with Crippen LogP contribution in [-0.2, 0) is 19.5 Å². The molecule has 92 valence electrons. The standard InChI is InChI=1S/C11H16N4S2/c1-2-15-10(8-12)13-14-11(15)17-7-5-9-4-3-6-16-9/h3-4,6H,2,5,7-8,12H2,1H3. The third kappa shape index (κ3) is 3.08.